The van der Waals surface area contributed by atoms with Crippen molar-refractivity contribution in [1.82, 2.24) is 0 Å². The molecule has 0 radical (unpaired) electrons. The van der Waals surface area contributed by atoms with E-state index in [2.05, 4.69) is 0 Å². The molecule has 118 valence electrons. The summed E-state index contributed by atoms with van der Waals surface area (Å²) in [6, 6.07) is 3.26. The Labute approximate surface area is 136 Å². The molecule has 0 atom stereocenters. The van der Waals surface area contributed by atoms with Gasteiger partial charge in [0.2, 0.25) is 0 Å². The van der Waals surface area contributed by atoms with Crippen LogP contribution in [0, 0.1) is 5.92 Å². The minimum atomic E-state index is -0.0282. The van der Waals surface area contributed by atoms with Crippen molar-refractivity contribution in [2.45, 2.75) is 39.0 Å². The predicted octanol–water partition coefficient (Wildman–Crippen LogP) is 4.76. The molecule has 0 amide bonds. The van der Waals surface area contributed by atoms with Gasteiger partial charge in [0.05, 0.1) is 12.1 Å². The van der Waals surface area contributed by atoms with Crippen molar-refractivity contribution in [3.63, 3.8) is 0 Å². The number of aliphatic hydroxyl groups excluding tert-OH is 1. The van der Waals surface area contributed by atoms with Gasteiger partial charge in [0, 0.05) is 18.6 Å². The van der Waals surface area contributed by atoms with Crippen LogP contribution in [0.25, 0.3) is 0 Å². The van der Waals surface area contributed by atoms with Crippen LogP contribution >= 0.6 is 23.2 Å². The second-order valence-corrected chi connectivity index (χ2v) is 5.81. The molecule has 1 aromatic carbocycles. The molecule has 0 aliphatic heterocycles. The number of hydrogen-bond donors (Lipinski definition) is 1. The first-order chi connectivity index (χ1) is 10.0. The number of carbonyl (C=O) groups is 1. The van der Waals surface area contributed by atoms with Gasteiger partial charge >= 0.3 is 0 Å². The molecule has 0 aromatic heterocycles. The first-order valence-corrected chi connectivity index (χ1v) is 7.96. The Morgan fingerprint density at radius 3 is 2.33 bits per heavy atom. The number of ether oxygens (including phenoxy) is 1. The second-order valence-electron chi connectivity index (χ2n) is 5.05. The number of ketones is 1. The number of Topliss-reactive ketones (excluding diaryl/α,β-unsaturated/α-hetero) is 1. The van der Waals surface area contributed by atoms with E-state index in [-0.39, 0.29) is 15.8 Å². The number of benzene rings is 1. The van der Waals surface area contributed by atoms with Crippen LogP contribution in [0.4, 0.5) is 0 Å². The molecule has 0 unspecified atom stereocenters. The molecule has 0 spiro atoms. The van der Waals surface area contributed by atoms with E-state index in [1.807, 2.05) is 0 Å². The molecule has 0 bridgehead atoms. The fourth-order valence-electron chi connectivity index (χ4n) is 2.29. The monoisotopic (exact) mass is 332 g/mol. The van der Waals surface area contributed by atoms with Gasteiger partial charge in [-0.1, -0.05) is 43.0 Å². The highest BCUT2D eigenvalue weighted by atomic mass is 35.5. The first kappa shape index (κ1) is 18.3. The zero-order valence-electron chi connectivity index (χ0n) is 12.5. The third-order valence-corrected chi connectivity index (χ3v) is 4.49. The Morgan fingerprint density at radius 2 is 1.90 bits per heavy atom. The lowest BCUT2D eigenvalue weighted by Crippen LogP contribution is -1.98. The largest absolute Gasteiger partial charge is 0.495 e. The SMILES string of the molecule is CCC(=O)c1ccc(OC)c(Cl)c1Cl.OCC1CCCC1. The Kier molecular flexibility index (Phi) is 8.09. The van der Waals surface area contributed by atoms with Gasteiger partial charge in [0.1, 0.15) is 10.8 Å². The van der Waals surface area contributed by atoms with E-state index >= 15 is 0 Å². The average Bonchev–Trinajstić information content (AvgIpc) is 3.03. The maximum atomic E-state index is 11.4. The van der Waals surface area contributed by atoms with Crippen molar-refractivity contribution in [2.75, 3.05) is 13.7 Å². The first-order valence-electron chi connectivity index (χ1n) is 7.21. The van der Waals surface area contributed by atoms with Crippen molar-refractivity contribution in [2.24, 2.45) is 5.92 Å². The highest BCUT2D eigenvalue weighted by Crippen LogP contribution is 2.34. The van der Waals surface area contributed by atoms with E-state index in [9.17, 15) is 4.79 Å². The van der Waals surface area contributed by atoms with E-state index in [4.69, 9.17) is 33.0 Å². The fraction of sp³-hybridized carbons (Fsp3) is 0.562. The van der Waals surface area contributed by atoms with Gasteiger partial charge in [-0.25, -0.2) is 0 Å². The summed E-state index contributed by atoms with van der Waals surface area (Å²) >= 11 is 11.8. The van der Waals surface area contributed by atoms with E-state index < -0.39 is 0 Å². The van der Waals surface area contributed by atoms with Gasteiger partial charge in [-0.15, -0.1) is 0 Å². The Balaban J connectivity index is 0.000000262. The van der Waals surface area contributed by atoms with Crippen molar-refractivity contribution in [1.29, 1.82) is 0 Å². The number of halogens is 2. The number of methoxy groups -OCH3 is 1. The molecule has 1 aliphatic carbocycles. The zero-order chi connectivity index (χ0) is 15.8. The highest BCUT2D eigenvalue weighted by molar-refractivity contribution is 6.44. The van der Waals surface area contributed by atoms with Crippen molar-refractivity contribution in [3.8, 4) is 5.75 Å². The molecule has 21 heavy (non-hydrogen) atoms. The maximum Gasteiger partial charge on any atom is 0.164 e. The summed E-state index contributed by atoms with van der Waals surface area (Å²) in [6.07, 6.45) is 5.60. The van der Waals surface area contributed by atoms with Crippen molar-refractivity contribution in [3.05, 3.63) is 27.7 Å². The lowest BCUT2D eigenvalue weighted by atomic mass is 10.1. The normalized spacial score (nSPS) is 14.5. The van der Waals surface area contributed by atoms with Crippen molar-refractivity contribution >= 4 is 29.0 Å². The molecular weight excluding hydrogens is 311 g/mol. The average molecular weight is 333 g/mol. The molecule has 0 saturated heterocycles. The summed E-state index contributed by atoms with van der Waals surface area (Å²) in [5.74, 6) is 1.10. The Hall–Kier alpha value is -0.770. The van der Waals surface area contributed by atoms with E-state index in [1.165, 1.54) is 32.8 Å². The summed E-state index contributed by atoms with van der Waals surface area (Å²) in [4.78, 5) is 11.4. The zero-order valence-corrected chi connectivity index (χ0v) is 14.0. The predicted molar refractivity (Wildman–Crippen MR) is 86.7 cm³/mol. The Morgan fingerprint density at radius 1 is 1.29 bits per heavy atom. The molecule has 3 nitrogen and oxygen atoms in total. The molecule has 0 heterocycles. The molecule has 1 saturated carbocycles. The quantitative estimate of drug-likeness (QED) is 0.808. The molecule has 1 N–H and O–H groups in total. The fourth-order valence-corrected chi connectivity index (χ4v) is 2.79. The third kappa shape index (κ3) is 5.17. The van der Waals surface area contributed by atoms with E-state index in [0.717, 1.165) is 0 Å². The van der Waals surface area contributed by atoms with Crippen LogP contribution in [-0.2, 0) is 0 Å². The minimum absolute atomic E-state index is 0.0282. The minimum Gasteiger partial charge on any atom is -0.495 e. The van der Waals surface area contributed by atoms with Gasteiger partial charge < -0.3 is 9.84 Å². The summed E-state index contributed by atoms with van der Waals surface area (Å²) in [5, 5.41) is 9.11. The van der Waals surface area contributed by atoms with Gasteiger partial charge in [-0.05, 0) is 30.9 Å². The van der Waals surface area contributed by atoms with Crippen LogP contribution in [0.3, 0.4) is 0 Å². The summed E-state index contributed by atoms with van der Waals surface area (Å²) in [7, 11) is 1.50. The highest BCUT2D eigenvalue weighted by Gasteiger charge is 2.14. The number of hydrogen-bond acceptors (Lipinski definition) is 3. The van der Waals surface area contributed by atoms with E-state index in [1.54, 1.807) is 19.1 Å². The second kappa shape index (κ2) is 9.29. The van der Waals surface area contributed by atoms with Crippen LogP contribution < -0.4 is 4.74 Å². The van der Waals surface area contributed by atoms with Gasteiger partial charge in [-0.3, -0.25) is 4.79 Å². The molecule has 1 fully saturated rings. The number of aliphatic hydroxyl groups is 1. The third-order valence-electron chi connectivity index (χ3n) is 3.62. The molecule has 5 heteroatoms. The summed E-state index contributed by atoms with van der Waals surface area (Å²) in [6.45, 7) is 2.19. The van der Waals surface area contributed by atoms with Crippen LogP contribution in [0.1, 0.15) is 49.4 Å². The number of rotatable bonds is 4. The molecule has 1 aliphatic rings. The topological polar surface area (TPSA) is 46.5 Å². The maximum absolute atomic E-state index is 11.4. The van der Waals surface area contributed by atoms with Crippen LogP contribution in [0.2, 0.25) is 10.0 Å². The molecular formula is C16H22Cl2O3. The Bertz CT molecular complexity index is 469. The van der Waals surface area contributed by atoms with Crippen LogP contribution in [-0.4, -0.2) is 24.6 Å². The van der Waals surface area contributed by atoms with Gasteiger partial charge in [-0.2, -0.15) is 0 Å². The summed E-state index contributed by atoms with van der Waals surface area (Å²) in [5.41, 5.74) is 0.444. The smallest absolute Gasteiger partial charge is 0.164 e. The van der Waals surface area contributed by atoms with Crippen molar-refractivity contribution < 1.29 is 14.6 Å². The molecule has 1 aromatic rings. The van der Waals surface area contributed by atoms with Gasteiger partial charge in [0.25, 0.3) is 0 Å². The molecule has 2 rings (SSSR count). The lowest BCUT2D eigenvalue weighted by Gasteiger charge is -2.07. The van der Waals surface area contributed by atoms with Crippen LogP contribution in [0.15, 0.2) is 12.1 Å². The van der Waals surface area contributed by atoms with Crippen LogP contribution in [0.5, 0.6) is 5.75 Å². The standard InChI is InChI=1S/C10H10Cl2O2.C6H12O/c1-3-7(13)6-4-5-8(14-2)10(12)9(6)11;7-5-6-3-1-2-4-6/h4-5H,3H2,1-2H3;6-7H,1-5H2. The lowest BCUT2D eigenvalue weighted by molar-refractivity contribution is 0.0988. The number of carbonyl (C=O) groups excluding carboxylic acids is 1. The van der Waals surface area contributed by atoms with E-state index in [0.29, 0.717) is 30.3 Å². The summed E-state index contributed by atoms with van der Waals surface area (Å²) < 4.78 is 4.97. The van der Waals surface area contributed by atoms with Gasteiger partial charge in [0.15, 0.2) is 5.78 Å².